The Labute approximate surface area is 100 Å². The average molecular weight is 245 g/mol. The zero-order valence-electron chi connectivity index (χ0n) is 9.81. The summed E-state index contributed by atoms with van der Waals surface area (Å²) < 4.78 is 0. The standard InChI is InChI=1S/C11H19NO3S/c1-8(6-11(14)15)5-10(13)12(2)9-3-4-16-7-9/h8-9H,3-7H2,1-2H3,(H,14,15). The number of amides is 1. The van der Waals surface area contributed by atoms with Gasteiger partial charge in [-0.15, -0.1) is 0 Å². The van der Waals surface area contributed by atoms with Crippen molar-refractivity contribution in [3.05, 3.63) is 0 Å². The third kappa shape index (κ3) is 4.04. The lowest BCUT2D eigenvalue weighted by Crippen LogP contribution is -2.37. The zero-order valence-corrected chi connectivity index (χ0v) is 10.6. The number of hydrogen-bond acceptors (Lipinski definition) is 3. The van der Waals surface area contributed by atoms with Crippen LogP contribution in [0.5, 0.6) is 0 Å². The van der Waals surface area contributed by atoms with E-state index < -0.39 is 5.97 Å². The molecule has 1 heterocycles. The van der Waals surface area contributed by atoms with Gasteiger partial charge in [0.05, 0.1) is 0 Å². The first kappa shape index (κ1) is 13.4. The molecule has 0 aromatic carbocycles. The highest BCUT2D eigenvalue weighted by atomic mass is 32.2. The van der Waals surface area contributed by atoms with Gasteiger partial charge in [0.25, 0.3) is 0 Å². The van der Waals surface area contributed by atoms with Gasteiger partial charge in [-0.05, 0) is 18.1 Å². The summed E-state index contributed by atoms with van der Waals surface area (Å²) in [5, 5.41) is 8.62. The summed E-state index contributed by atoms with van der Waals surface area (Å²) in [6, 6.07) is 0.342. The molecule has 4 nitrogen and oxygen atoms in total. The van der Waals surface area contributed by atoms with Crippen LogP contribution in [0.4, 0.5) is 0 Å². The van der Waals surface area contributed by atoms with Crippen molar-refractivity contribution in [3.63, 3.8) is 0 Å². The SMILES string of the molecule is CC(CC(=O)O)CC(=O)N(C)C1CCSC1. The van der Waals surface area contributed by atoms with Gasteiger partial charge in [-0.1, -0.05) is 6.92 Å². The van der Waals surface area contributed by atoms with Crippen LogP contribution in [0.2, 0.25) is 0 Å². The number of hydrogen-bond donors (Lipinski definition) is 1. The predicted molar refractivity (Wildman–Crippen MR) is 64.5 cm³/mol. The van der Waals surface area contributed by atoms with Crippen molar-refractivity contribution in [2.24, 2.45) is 5.92 Å². The Hall–Kier alpha value is -0.710. The number of carbonyl (C=O) groups excluding carboxylic acids is 1. The number of nitrogens with zero attached hydrogens (tertiary/aromatic N) is 1. The van der Waals surface area contributed by atoms with Crippen LogP contribution in [-0.2, 0) is 9.59 Å². The Kier molecular flexibility index (Phi) is 5.12. The van der Waals surface area contributed by atoms with Crippen molar-refractivity contribution in [3.8, 4) is 0 Å². The summed E-state index contributed by atoms with van der Waals surface area (Å²) in [6.07, 6.45) is 1.46. The molecule has 1 aliphatic rings. The second kappa shape index (κ2) is 6.13. The number of thioether (sulfide) groups is 1. The summed E-state index contributed by atoms with van der Waals surface area (Å²) in [5.41, 5.74) is 0. The first-order valence-corrected chi connectivity index (χ1v) is 6.71. The van der Waals surface area contributed by atoms with E-state index in [9.17, 15) is 9.59 Å². The Morgan fingerprint density at radius 2 is 2.19 bits per heavy atom. The summed E-state index contributed by atoms with van der Waals surface area (Å²) in [7, 11) is 1.83. The topological polar surface area (TPSA) is 57.6 Å². The van der Waals surface area contributed by atoms with Crippen molar-refractivity contribution in [2.45, 2.75) is 32.2 Å². The van der Waals surface area contributed by atoms with E-state index in [4.69, 9.17) is 5.11 Å². The van der Waals surface area contributed by atoms with Crippen LogP contribution in [0.15, 0.2) is 0 Å². The van der Waals surface area contributed by atoms with E-state index in [1.54, 1.807) is 4.90 Å². The Morgan fingerprint density at radius 3 is 2.69 bits per heavy atom. The molecule has 2 unspecified atom stereocenters. The fourth-order valence-electron chi connectivity index (χ4n) is 1.84. The second-order valence-corrected chi connectivity index (χ2v) is 5.58. The highest BCUT2D eigenvalue weighted by Gasteiger charge is 2.24. The number of carbonyl (C=O) groups is 2. The minimum atomic E-state index is -0.834. The molecule has 1 amide bonds. The van der Waals surface area contributed by atoms with Gasteiger partial charge in [0.15, 0.2) is 0 Å². The second-order valence-electron chi connectivity index (χ2n) is 4.43. The zero-order chi connectivity index (χ0) is 12.1. The van der Waals surface area contributed by atoms with Crippen LogP contribution in [0.3, 0.4) is 0 Å². The van der Waals surface area contributed by atoms with E-state index >= 15 is 0 Å². The van der Waals surface area contributed by atoms with Crippen molar-refractivity contribution in [1.29, 1.82) is 0 Å². The molecule has 0 saturated carbocycles. The molecule has 1 fully saturated rings. The minimum Gasteiger partial charge on any atom is -0.481 e. The van der Waals surface area contributed by atoms with Gasteiger partial charge in [0.1, 0.15) is 0 Å². The number of carboxylic acids is 1. The molecule has 1 N–H and O–H groups in total. The van der Waals surface area contributed by atoms with Gasteiger partial charge < -0.3 is 10.0 Å². The van der Waals surface area contributed by atoms with Crippen molar-refractivity contribution in [2.75, 3.05) is 18.6 Å². The van der Waals surface area contributed by atoms with Gasteiger partial charge in [-0.25, -0.2) is 0 Å². The van der Waals surface area contributed by atoms with Crippen LogP contribution in [0.25, 0.3) is 0 Å². The fourth-order valence-corrected chi connectivity index (χ4v) is 3.11. The van der Waals surface area contributed by atoms with Crippen molar-refractivity contribution >= 4 is 23.6 Å². The Balaban J connectivity index is 2.35. The van der Waals surface area contributed by atoms with Gasteiger partial charge in [0, 0.05) is 31.7 Å². The number of carboxylic acid groups (broad SMARTS) is 1. The smallest absolute Gasteiger partial charge is 0.303 e. The van der Waals surface area contributed by atoms with E-state index in [-0.39, 0.29) is 18.2 Å². The van der Waals surface area contributed by atoms with Crippen molar-refractivity contribution < 1.29 is 14.7 Å². The number of aliphatic carboxylic acids is 1. The summed E-state index contributed by atoms with van der Waals surface area (Å²) in [4.78, 5) is 24.1. The summed E-state index contributed by atoms with van der Waals surface area (Å²) in [6.45, 7) is 1.81. The average Bonchev–Trinajstić information content (AvgIpc) is 2.67. The van der Waals surface area contributed by atoms with E-state index in [2.05, 4.69) is 0 Å². The van der Waals surface area contributed by atoms with Crippen LogP contribution >= 0.6 is 11.8 Å². The maximum Gasteiger partial charge on any atom is 0.303 e. The molecule has 92 valence electrons. The third-order valence-electron chi connectivity index (χ3n) is 2.89. The minimum absolute atomic E-state index is 0.0684. The molecule has 0 aliphatic carbocycles. The Morgan fingerprint density at radius 1 is 1.50 bits per heavy atom. The molecule has 1 aliphatic heterocycles. The van der Waals surface area contributed by atoms with E-state index in [1.165, 1.54) is 0 Å². The lowest BCUT2D eigenvalue weighted by Gasteiger charge is -2.24. The molecule has 5 heteroatoms. The fraction of sp³-hybridized carbons (Fsp3) is 0.818. The highest BCUT2D eigenvalue weighted by Crippen LogP contribution is 2.22. The molecule has 0 aromatic heterocycles. The van der Waals surface area contributed by atoms with E-state index in [0.29, 0.717) is 12.5 Å². The lowest BCUT2D eigenvalue weighted by molar-refractivity contribution is -0.138. The van der Waals surface area contributed by atoms with Crippen LogP contribution in [0, 0.1) is 5.92 Å². The molecule has 0 radical (unpaired) electrons. The number of rotatable bonds is 5. The quantitative estimate of drug-likeness (QED) is 0.796. The normalized spacial score (nSPS) is 21.8. The molecular weight excluding hydrogens is 226 g/mol. The van der Waals surface area contributed by atoms with Crippen LogP contribution in [-0.4, -0.2) is 46.5 Å². The lowest BCUT2D eigenvalue weighted by atomic mass is 10.0. The molecule has 1 saturated heterocycles. The third-order valence-corrected chi connectivity index (χ3v) is 4.04. The van der Waals surface area contributed by atoms with Gasteiger partial charge >= 0.3 is 5.97 Å². The van der Waals surface area contributed by atoms with Crippen LogP contribution in [0.1, 0.15) is 26.2 Å². The molecule has 1 rings (SSSR count). The van der Waals surface area contributed by atoms with Gasteiger partial charge in [-0.2, -0.15) is 11.8 Å². The van der Waals surface area contributed by atoms with E-state index in [1.807, 2.05) is 25.7 Å². The maximum atomic E-state index is 11.8. The molecular formula is C11H19NO3S. The monoisotopic (exact) mass is 245 g/mol. The van der Waals surface area contributed by atoms with E-state index in [0.717, 1.165) is 17.9 Å². The molecule has 0 spiro atoms. The summed E-state index contributed by atoms with van der Waals surface area (Å²) >= 11 is 1.87. The maximum absolute atomic E-state index is 11.8. The first-order chi connectivity index (χ1) is 7.50. The first-order valence-electron chi connectivity index (χ1n) is 5.56. The Bertz CT molecular complexity index is 264. The van der Waals surface area contributed by atoms with Gasteiger partial charge in [0.2, 0.25) is 5.91 Å². The van der Waals surface area contributed by atoms with Crippen molar-refractivity contribution in [1.82, 2.24) is 4.90 Å². The largest absolute Gasteiger partial charge is 0.481 e. The summed E-state index contributed by atoms with van der Waals surface area (Å²) in [5.74, 6) is 1.28. The molecule has 2 atom stereocenters. The highest BCUT2D eigenvalue weighted by molar-refractivity contribution is 7.99. The molecule has 0 bridgehead atoms. The molecule has 0 aromatic rings. The van der Waals surface area contributed by atoms with Gasteiger partial charge in [-0.3, -0.25) is 9.59 Å². The predicted octanol–water partition coefficient (Wildman–Crippen LogP) is 1.45. The van der Waals surface area contributed by atoms with Crippen LogP contribution < -0.4 is 0 Å². The molecule has 16 heavy (non-hydrogen) atoms.